The van der Waals surface area contributed by atoms with Gasteiger partial charge in [0.25, 0.3) is 6.08 Å². The molecule has 0 N–H and O–H groups in total. The molecular formula is C10H17F2. The van der Waals surface area contributed by atoms with E-state index in [-0.39, 0.29) is 0 Å². The van der Waals surface area contributed by atoms with E-state index in [1.165, 1.54) is 19.3 Å². The fraction of sp³-hybridized carbons (Fsp3) is 0.700. The summed E-state index contributed by atoms with van der Waals surface area (Å²) in [7, 11) is 0. The lowest BCUT2D eigenvalue weighted by Crippen LogP contribution is -1.78. The van der Waals surface area contributed by atoms with Crippen molar-refractivity contribution in [3.63, 3.8) is 0 Å². The summed E-state index contributed by atoms with van der Waals surface area (Å²) < 4.78 is 23.0. The Labute approximate surface area is 73.7 Å². The molecule has 0 aliphatic rings. The third kappa shape index (κ3) is 9.60. The number of halogens is 2. The normalized spacial score (nSPS) is 9.92. The molecule has 0 fully saturated rings. The van der Waals surface area contributed by atoms with Gasteiger partial charge in [-0.3, -0.25) is 0 Å². The van der Waals surface area contributed by atoms with E-state index >= 15 is 0 Å². The third-order valence-electron chi connectivity index (χ3n) is 1.68. The van der Waals surface area contributed by atoms with E-state index in [1.807, 2.05) is 0 Å². The van der Waals surface area contributed by atoms with E-state index in [0.717, 1.165) is 18.9 Å². The second-order valence-corrected chi connectivity index (χ2v) is 2.86. The fourth-order valence-electron chi connectivity index (χ4n) is 0.993. The summed E-state index contributed by atoms with van der Waals surface area (Å²) in [6.07, 6.45) is 7.49. The molecule has 0 atom stereocenters. The summed E-state index contributed by atoms with van der Waals surface area (Å²) in [5.41, 5.74) is 0. The number of unbranched alkanes of at least 4 members (excludes halogenated alkanes) is 6. The van der Waals surface area contributed by atoms with E-state index in [0.29, 0.717) is 6.42 Å². The molecule has 0 aliphatic heterocycles. The SMILES string of the molecule is CCCCC[CH]CCC=C(F)F. The van der Waals surface area contributed by atoms with Crippen LogP contribution in [0.15, 0.2) is 12.2 Å². The molecule has 0 nitrogen and oxygen atoms in total. The monoisotopic (exact) mass is 175 g/mol. The van der Waals surface area contributed by atoms with Crippen LogP contribution in [0.4, 0.5) is 8.78 Å². The Morgan fingerprint density at radius 2 is 1.83 bits per heavy atom. The van der Waals surface area contributed by atoms with Gasteiger partial charge in [-0.15, -0.1) is 0 Å². The van der Waals surface area contributed by atoms with Crippen LogP contribution >= 0.6 is 0 Å². The van der Waals surface area contributed by atoms with Crippen LogP contribution in [0, 0.1) is 6.42 Å². The van der Waals surface area contributed by atoms with Gasteiger partial charge in [0.2, 0.25) is 0 Å². The predicted molar refractivity (Wildman–Crippen MR) is 48.0 cm³/mol. The van der Waals surface area contributed by atoms with Crippen LogP contribution < -0.4 is 0 Å². The number of rotatable bonds is 7. The Morgan fingerprint density at radius 3 is 2.42 bits per heavy atom. The molecule has 0 unspecified atom stereocenters. The maximum absolute atomic E-state index is 11.5. The summed E-state index contributed by atoms with van der Waals surface area (Å²) in [6, 6.07) is 0. The predicted octanol–water partition coefficient (Wildman–Crippen LogP) is 4.33. The molecule has 0 aliphatic carbocycles. The lowest BCUT2D eigenvalue weighted by atomic mass is 10.1. The molecule has 2 heteroatoms. The Balaban J connectivity index is 2.96. The third-order valence-corrected chi connectivity index (χ3v) is 1.68. The van der Waals surface area contributed by atoms with Crippen LogP contribution in [0.1, 0.15) is 45.4 Å². The molecule has 0 aromatic rings. The fourth-order valence-corrected chi connectivity index (χ4v) is 0.993. The maximum atomic E-state index is 11.5. The Kier molecular flexibility index (Phi) is 8.40. The average molecular weight is 175 g/mol. The molecule has 12 heavy (non-hydrogen) atoms. The van der Waals surface area contributed by atoms with Crippen LogP contribution in [0.25, 0.3) is 0 Å². The molecule has 0 aromatic carbocycles. The highest BCUT2D eigenvalue weighted by molar-refractivity contribution is 4.82. The van der Waals surface area contributed by atoms with E-state index in [1.54, 1.807) is 0 Å². The summed E-state index contributed by atoms with van der Waals surface area (Å²) in [5.74, 6) is 0. The highest BCUT2D eigenvalue weighted by Gasteiger charge is 1.90. The van der Waals surface area contributed by atoms with Gasteiger partial charge in [0.1, 0.15) is 0 Å². The van der Waals surface area contributed by atoms with Gasteiger partial charge in [0.15, 0.2) is 0 Å². The molecule has 0 bridgehead atoms. The van der Waals surface area contributed by atoms with Crippen molar-refractivity contribution in [2.24, 2.45) is 0 Å². The summed E-state index contributed by atoms with van der Waals surface area (Å²) >= 11 is 0. The van der Waals surface area contributed by atoms with Gasteiger partial charge in [0, 0.05) is 0 Å². The Bertz CT molecular complexity index is 115. The molecule has 71 valence electrons. The summed E-state index contributed by atoms with van der Waals surface area (Å²) in [6.45, 7) is 2.15. The van der Waals surface area contributed by atoms with Crippen LogP contribution in [-0.2, 0) is 0 Å². The van der Waals surface area contributed by atoms with Crippen LogP contribution in [-0.4, -0.2) is 0 Å². The van der Waals surface area contributed by atoms with Crippen LogP contribution in [0.5, 0.6) is 0 Å². The minimum absolute atomic E-state index is 0.481. The zero-order valence-corrected chi connectivity index (χ0v) is 7.65. The highest BCUT2D eigenvalue weighted by atomic mass is 19.3. The van der Waals surface area contributed by atoms with Gasteiger partial charge in [-0.05, 0) is 25.3 Å². The van der Waals surface area contributed by atoms with Gasteiger partial charge >= 0.3 is 0 Å². The first-order chi connectivity index (χ1) is 5.77. The van der Waals surface area contributed by atoms with Gasteiger partial charge in [-0.2, -0.15) is 8.78 Å². The largest absolute Gasteiger partial charge is 0.266 e. The van der Waals surface area contributed by atoms with E-state index in [4.69, 9.17) is 0 Å². The molecule has 0 spiro atoms. The van der Waals surface area contributed by atoms with Crippen molar-refractivity contribution in [3.8, 4) is 0 Å². The van der Waals surface area contributed by atoms with Crippen molar-refractivity contribution in [1.82, 2.24) is 0 Å². The quantitative estimate of drug-likeness (QED) is 0.505. The number of hydrogen-bond acceptors (Lipinski definition) is 0. The minimum atomic E-state index is -1.56. The van der Waals surface area contributed by atoms with Crippen molar-refractivity contribution >= 4 is 0 Å². The van der Waals surface area contributed by atoms with Gasteiger partial charge in [0.05, 0.1) is 0 Å². The Morgan fingerprint density at radius 1 is 1.08 bits per heavy atom. The van der Waals surface area contributed by atoms with E-state index in [9.17, 15) is 8.78 Å². The smallest absolute Gasteiger partial charge is 0.174 e. The van der Waals surface area contributed by atoms with Crippen molar-refractivity contribution in [1.29, 1.82) is 0 Å². The van der Waals surface area contributed by atoms with E-state index in [2.05, 4.69) is 13.3 Å². The van der Waals surface area contributed by atoms with Gasteiger partial charge in [-0.1, -0.05) is 32.6 Å². The highest BCUT2D eigenvalue weighted by Crippen LogP contribution is 2.08. The summed E-state index contributed by atoms with van der Waals surface area (Å²) in [5, 5.41) is 0. The first-order valence-corrected chi connectivity index (χ1v) is 4.60. The van der Waals surface area contributed by atoms with Crippen molar-refractivity contribution in [3.05, 3.63) is 18.6 Å². The van der Waals surface area contributed by atoms with Crippen molar-refractivity contribution < 1.29 is 8.78 Å². The second-order valence-electron chi connectivity index (χ2n) is 2.86. The molecular weight excluding hydrogens is 158 g/mol. The van der Waals surface area contributed by atoms with E-state index < -0.39 is 6.08 Å². The lowest BCUT2D eigenvalue weighted by molar-refractivity contribution is 0.417. The molecule has 1 radical (unpaired) electrons. The molecule has 0 aromatic heterocycles. The van der Waals surface area contributed by atoms with Gasteiger partial charge in [-0.25, -0.2) is 0 Å². The van der Waals surface area contributed by atoms with Crippen LogP contribution in [0.2, 0.25) is 0 Å². The number of hydrogen-bond donors (Lipinski definition) is 0. The van der Waals surface area contributed by atoms with Crippen molar-refractivity contribution in [2.75, 3.05) is 0 Å². The topological polar surface area (TPSA) is 0 Å². The van der Waals surface area contributed by atoms with Crippen molar-refractivity contribution in [2.45, 2.75) is 45.4 Å². The van der Waals surface area contributed by atoms with Gasteiger partial charge < -0.3 is 0 Å². The standard InChI is InChI=1S/C10H17F2/c1-2-3-4-5-6-7-8-9-10(11)12/h6,9H,2-5,7-8H2,1H3. The molecule has 0 rings (SSSR count). The zero-order chi connectivity index (χ0) is 9.23. The average Bonchev–Trinajstić information content (AvgIpc) is 2.02. The first-order valence-electron chi connectivity index (χ1n) is 4.60. The van der Waals surface area contributed by atoms with Crippen LogP contribution in [0.3, 0.4) is 0 Å². The lowest BCUT2D eigenvalue weighted by Gasteiger charge is -1.96. The molecule has 0 amide bonds. The number of allylic oxidation sites excluding steroid dienone is 1. The molecule has 0 heterocycles. The maximum Gasteiger partial charge on any atom is 0.266 e. The molecule has 0 saturated carbocycles. The zero-order valence-electron chi connectivity index (χ0n) is 7.65. The molecule has 0 saturated heterocycles. The minimum Gasteiger partial charge on any atom is -0.174 e. The first kappa shape index (κ1) is 11.6. The second kappa shape index (κ2) is 8.69. The Hall–Kier alpha value is -0.400. The summed E-state index contributed by atoms with van der Waals surface area (Å²) in [4.78, 5) is 0.